The summed E-state index contributed by atoms with van der Waals surface area (Å²) in [6.07, 6.45) is 1.38. The molecule has 1 aromatic carbocycles. The second-order valence-corrected chi connectivity index (χ2v) is 6.38. The van der Waals surface area contributed by atoms with E-state index in [1.165, 1.54) is 0 Å². The molecule has 0 unspecified atom stereocenters. The van der Waals surface area contributed by atoms with Crippen LogP contribution in [0.5, 0.6) is 11.5 Å². The Labute approximate surface area is 155 Å². The topological polar surface area (TPSA) is 69.3 Å². The number of ether oxygens (including phenoxy) is 4. The van der Waals surface area contributed by atoms with Gasteiger partial charge in [-0.15, -0.1) is 0 Å². The van der Waals surface area contributed by atoms with Crippen molar-refractivity contribution >= 4 is 5.91 Å². The van der Waals surface area contributed by atoms with Crippen LogP contribution < -0.4 is 14.8 Å². The Kier molecular flexibility index (Phi) is 7.68. The lowest BCUT2D eigenvalue weighted by atomic mass is 9.76. The Morgan fingerprint density at radius 3 is 2.46 bits per heavy atom. The molecule has 1 aromatic rings. The summed E-state index contributed by atoms with van der Waals surface area (Å²) in [5.74, 6) is 1.44. The summed E-state index contributed by atoms with van der Waals surface area (Å²) >= 11 is 0. The first-order valence-electron chi connectivity index (χ1n) is 8.81. The maximum atomic E-state index is 12.7. The average molecular weight is 366 g/mol. The van der Waals surface area contributed by atoms with E-state index in [1.54, 1.807) is 33.3 Å². The number of benzene rings is 1. The lowest BCUT2D eigenvalue weighted by molar-refractivity contribution is -0.132. The van der Waals surface area contributed by atoms with Crippen LogP contribution in [-0.4, -0.2) is 72.2 Å². The second kappa shape index (κ2) is 9.75. The van der Waals surface area contributed by atoms with Crippen molar-refractivity contribution in [2.24, 2.45) is 0 Å². The number of carbonyl (C=O) groups is 1. The smallest absolute Gasteiger partial charge is 0.230 e. The second-order valence-electron chi connectivity index (χ2n) is 6.38. The van der Waals surface area contributed by atoms with Gasteiger partial charge < -0.3 is 29.2 Å². The number of fused-ring (bicyclic) bond motifs is 1. The fourth-order valence-electron chi connectivity index (χ4n) is 3.16. The predicted octanol–water partition coefficient (Wildman–Crippen LogP) is 1.40. The normalized spacial score (nSPS) is 15.4. The number of nitrogens with one attached hydrogen (secondary N) is 1. The molecule has 1 N–H and O–H groups in total. The highest BCUT2D eigenvalue weighted by molar-refractivity contribution is 5.87. The average Bonchev–Trinajstić information content (AvgIpc) is 2.65. The van der Waals surface area contributed by atoms with Gasteiger partial charge >= 0.3 is 0 Å². The highest BCUT2D eigenvalue weighted by Crippen LogP contribution is 2.43. The summed E-state index contributed by atoms with van der Waals surface area (Å²) in [7, 11) is 8.31. The lowest BCUT2D eigenvalue weighted by Gasteiger charge is -2.33. The van der Waals surface area contributed by atoms with E-state index < -0.39 is 0 Å². The zero-order chi connectivity index (χ0) is 19.1. The molecule has 0 saturated carbocycles. The summed E-state index contributed by atoms with van der Waals surface area (Å²) in [6.45, 7) is 2.13. The molecule has 1 aliphatic carbocycles. The lowest BCUT2D eigenvalue weighted by Crippen LogP contribution is -2.38. The predicted molar refractivity (Wildman–Crippen MR) is 98.9 cm³/mol. The van der Waals surface area contributed by atoms with Crippen LogP contribution in [0.2, 0.25) is 0 Å². The van der Waals surface area contributed by atoms with Gasteiger partial charge in [0.2, 0.25) is 5.91 Å². The Morgan fingerprint density at radius 1 is 1.19 bits per heavy atom. The Bertz CT molecular complexity index is 604. The first-order valence-corrected chi connectivity index (χ1v) is 8.81. The van der Waals surface area contributed by atoms with E-state index in [4.69, 9.17) is 18.9 Å². The van der Waals surface area contributed by atoms with Crippen molar-refractivity contribution < 1.29 is 23.7 Å². The molecular weight excluding hydrogens is 336 g/mol. The largest absolute Gasteiger partial charge is 0.493 e. The third kappa shape index (κ3) is 4.66. The number of likely N-dealkylation sites (N-methyl/N-ethyl adjacent to an activating group) is 1. The van der Waals surface area contributed by atoms with E-state index in [9.17, 15) is 4.79 Å². The van der Waals surface area contributed by atoms with Gasteiger partial charge in [-0.25, -0.2) is 0 Å². The van der Waals surface area contributed by atoms with Crippen molar-refractivity contribution in [3.05, 3.63) is 23.3 Å². The van der Waals surface area contributed by atoms with E-state index in [0.717, 1.165) is 30.5 Å². The molecule has 0 spiro atoms. The standard InChI is InChI=1S/C19H30N2O5/c1-21(8-6-7-20-12-18(25-4)26-5)19(22)15-9-13-10-16(23-2)17(24-3)11-14(13)15/h10-11,15,18,20H,6-9,12H2,1-5H3/t15-/m0/s1. The summed E-state index contributed by atoms with van der Waals surface area (Å²) in [4.78, 5) is 14.5. The number of methoxy groups -OCH3 is 4. The van der Waals surface area contributed by atoms with Crippen LogP contribution in [0.4, 0.5) is 0 Å². The zero-order valence-corrected chi connectivity index (χ0v) is 16.3. The SMILES string of the molecule is COc1cc2c(cc1OC)[C@@H](C(=O)N(C)CCCNCC(OC)OC)C2. The van der Waals surface area contributed by atoms with Gasteiger partial charge in [0.1, 0.15) is 0 Å². The molecule has 1 aliphatic rings. The van der Waals surface area contributed by atoms with Crippen LogP contribution in [0.3, 0.4) is 0 Å². The molecule has 0 radical (unpaired) electrons. The number of carbonyl (C=O) groups excluding carboxylic acids is 1. The molecule has 0 fully saturated rings. The minimum Gasteiger partial charge on any atom is -0.493 e. The van der Waals surface area contributed by atoms with Crippen molar-refractivity contribution in [2.75, 3.05) is 55.1 Å². The molecule has 26 heavy (non-hydrogen) atoms. The molecule has 0 heterocycles. The molecule has 1 amide bonds. The molecule has 7 nitrogen and oxygen atoms in total. The van der Waals surface area contributed by atoms with Crippen molar-refractivity contribution in [2.45, 2.75) is 25.0 Å². The Morgan fingerprint density at radius 2 is 1.85 bits per heavy atom. The van der Waals surface area contributed by atoms with Crippen LogP contribution in [0.1, 0.15) is 23.5 Å². The minimum atomic E-state index is -0.243. The first kappa shape index (κ1) is 20.5. The molecule has 0 bridgehead atoms. The first-order chi connectivity index (χ1) is 12.5. The van der Waals surface area contributed by atoms with E-state index in [-0.39, 0.29) is 18.1 Å². The van der Waals surface area contributed by atoms with Crippen LogP contribution in [0, 0.1) is 0 Å². The highest BCUT2D eigenvalue weighted by atomic mass is 16.7. The molecule has 7 heteroatoms. The molecule has 1 atom stereocenters. The number of hydrogen-bond donors (Lipinski definition) is 1. The maximum absolute atomic E-state index is 12.7. The summed E-state index contributed by atoms with van der Waals surface area (Å²) in [5, 5.41) is 3.26. The maximum Gasteiger partial charge on any atom is 0.230 e. The molecule has 146 valence electrons. The fraction of sp³-hybridized carbons (Fsp3) is 0.632. The minimum absolute atomic E-state index is 0.0888. The molecular formula is C19H30N2O5. The molecule has 2 rings (SSSR count). The third-order valence-corrected chi connectivity index (χ3v) is 4.80. The monoisotopic (exact) mass is 366 g/mol. The van der Waals surface area contributed by atoms with Crippen molar-refractivity contribution in [3.8, 4) is 11.5 Å². The van der Waals surface area contributed by atoms with Crippen LogP contribution >= 0.6 is 0 Å². The van der Waals surface area contributed by atoms with Crippen molar-refractivity contribution in [1.29, 1.82) is 0 Å². The van der Waals surface area contributed by atoms with E-state index >= 15 is 0 Å². The van der Waals surface area contributed by atoms with Crippen molar-refractivity contribution in [3.63, 3.8) is 0 Å². The van der Waals surface area contributed by atoms with E-state index in [1.807, 2.05) is 19.2 Å². The number of rotatable bonds is 11. The summed E-state index contributed by atoms with van der Waals surface area (Å²) in [5.41, 5.74) is 2.20. The molecule has 0 saturated heterocycles. The van der Waals surface area contributed by atoms with E-state index in [2.05, 4.69) is 5.32 Å². The van der Waals surface area contributed by atoms with Gasteiger partial charge in [0.25, 0.3) is 0 Å². The molecule has 0 aliphatic heterocycles. The van der Waals surface area contributed by atoms with Gasteiger partial charge in [0.15, 0.2) is 17.8 Å². The van der Waals surface area contributed by atoms with Crippen LogP contribution in [0.25, 0.3) is 0 Å². The van der Waals surface area contributed by atoms with Gasteiger partial charge in [-0.05, 0) is 42.6 Å². The third-order valence-electron chi connectivity index (χ3n) is 4.80. The fourth-order valence-corrected chi connectivity index (χ4v) is 3.16. The highest BCUT2D eigenvalue weighted by Gasteiger charge is 2.35. The Hall–Kier alpha value is -1.83. The van der Waals surface area contributed by atoms with Crippen LogP contribution in [-0.2, 0) is 20.7 Å². The van der Waals surface area contributed by atoms with E-state index in [0.29, 0.717) is 24.6 Å². The Balaban J connectivity index is 1.81. The number of nitrogens with zero attached hydrogens (tertiary/aromatic N) is 1. The number of amides is 1. The van der Waals surface area contributed by atoms with Gasteiger partial charge in [-0.3, -0.25) is 4.79 Å². The van der Waals surface area contributed by atoms with Gasteiger partial charge in [-0.1, -0.05) is 0 Å². The zero-order valence-electron chi connectivity index (χ0n) is 16.3. The van der Waals surface area contributed by atoms with Gasteiger partial charge in [-0.2, -0.15) is 0 Å². The summed E-state index contributed by atoms with van der Waals surface area (Å²) in [6, 6.07) is 3.88. The summed E-state index contributed by atoms with van der Waals surface area (Å²) < 4.78 is 20.9. The van der Waals surface area contributed by atoms with Crippen molar-refractivity contribution in [1.82, 2.24) is 10.2 Å². The molecule has 0 aromatic heterocycles. The number of hydrogen-bond acceptors (Lipinski definition) is 6. The van der Waals surface area contributed by atoms with Gasteiger partial charge in [0, 0.05) is 34.4 Å². The van der Waals surface area contributed by atoms with Crippen LogP contribution in [0.15, 0.2) is 12.1 Å². The van der Waals surface area contributed by atoms with Gasteiger partial charge in [0.05, 0.1) is 20.1 Å². The quantitative estimate of drug-likeness (QED) is 0.472.